The zero-order valence-electron chi connectivity index (χ0n) is 16.3. The highest BCUT2D eigenvalue weighted by Crippen LogP contribution is 2.48. The molecule has 0 spiro atoms. The zero-order chi connectivity index (χ0) is 19.6. The van der Waals surface area contributed by atoms with Gasteiger partial charge in [0.1, 0.15) is 12.7 Å². The predicted molar refractivity (Wildman–Crippen MR) is 103 cm³/mol. The fourth-order valence-electron chi connectivity index (χ4n) is 3.93. The van der Waals surface area contributed by atoms with Crippen LogP contribution in [0.3, 0.4) is 0 Å². The van der Waals surface area contributed by atoms with Crippen LogP contribution in [0.2, 0.25) is 0 Å². The van der Waals surface area contributed by atoms with Gasteiger partial charge in [-0.3, -0.25) is 4.79 Å². The number of hydrogen-bond acceptors (Lipinski definition) is 5. The van der Waals surface area contributed by atoms with Crippen LogP contribution in [0.1, 0.15) is 71.1 Å². The second-order valence-corrected chi connectivity index (χ2v) is 7.72. The Kier molecular flexibility index (Phi) is 9.09. The number of carbonyl (C=O) groups is 1. The molecule has 5 atom stereocenters. The maximum Gasteiger partial charge on any atom is 0.303 e. The van der Waals surface area contributed by atoms with E-state index in [0.717, 1.165) is 25.0 Å². The monoisotopic (exact) mass is 379 g/mol. The molecule has 5 unspecified atom stereocenters. The number of hydrogen-bond donors (Lipinski definition) is 3. The number of aliphatic carboxylic acids is 1. The molecule has 27 heavy (non-hydrogen) atoms. The lowest BCUT2D eigenvalue weighted by molar-refractivity contribution is -0.137. The molecule has 0 heterocycles. The van der Waals surface area contributed by atoms with E-state index in [0.29, 0.717) is 25.9 Å². The number of carboxylic acids is 1. The Labute approximate surface area is 162 Å². The molecule has 0 aromatic heterocycles. The van der Waals surface area contributed by atoms with Gasteiger partial charge in [-0.2, -0.15) is 0 Å². The molecule has 2 aliphatic rings. The minimum Gasteiger partial charge on any atom is -0.481 e. The summed E-state index contributed by atoms with van der Waals surface area (Å²) in [5, 5.41) is 33.0. The highest BCUT2D eigenvalue weighted by Gasteiger charge is 2.51. The van der Waals surface area contributed by atoms with Gasteiger partial charge < -0.3 is 20.2 Å². The number of aliphatic hydroxyl groups is 2. The summed E-state index contributed by atoms with van der Waals surface area (Å²) in [5.41, 5.74) is 0.940. The van der Waals surface area contributed by atoms with Crippen molar-refractivity contribution >= 4 is 11.7 Å². The van der Waals surface area contributed by atoms with Crippen molar-refractivity contribution in [1.82, 2.24) is 0 Å². The smallest absolute Gasteiger partial charge is 0.303 e. The number of oxime groups is 1. The summed E-state index contributed by atoms with van der Waals surface area (Å²) in [6, 6.07) is 0. The molecule has 0 bridgehead atoms. The SMILES string of the molecule is CCCCCCCC(O)C#CC1C(O)CC2C(=NOCCCC(=O)O)CC21. The van der Waals surface area contributed by atoms with E-state index in [-0.39, 0.29) is 24.2 Å². The quantitative estimate of drug-likeness (QED) is 0.291. The Morgan fingerprint density at radius 1 is 1.30 bits per heavy atom. The Morgan fingerprint density at radius 2 is 2.07 bits per heavy atom. The van der Waals surface area contributed by atoms with Gasteiger partial charge in [-0.05, 0) is 38.0 Å². The third kappa shape index (κ3) is 6.82. The summed E-state index contributed by atoms with van der Waals surface area (Å²) in [6.07, 6.45) is 7.30. The second kappa shape index (κ2) is 11.3. The van der Waals surface area contributed by atoms with Crippen molar-refractivity contribution in [3.05, 3.63) is 0 Å². The molecule has 0 aromatic rings. The summed E-state index contributed by atoms with van der Waals surface area (Å²) in [7, 11) is 0. The van der Waals surface area contributed by atoms with Gasteiger partial charge in [-0.1, -0.05) is 49.6 Å². The predicted octanol–water partition coefficient (Wildman–Crippen LogP) is 2.97. The number of rotatable bonds is 11. The van der Waals surface area contributed by atoms with Crippen molar-refractivity contribution in [2.75, 3.05) is 6.61 Å². The average molecular weight is 379 g/mol. The third-order valence-corrected chi connectivity index (χ3v) is 5.57. The topological polar surface area (TPSA) is 99.4 Å². The average Bonchev–Trinajstić information content (AvgIpc) is 2.86. The molecule has 0 aliphatic heterocycles. The van der Waals surface area contributed by atoms with Crippen molar-refractivity contribution in [2.45, 2.75) is 83.3 Å². The van der Waals surface area contributed by atoms with Crippen LogP contribution >= 0.6 is 0 Å². The second-order valence-electron chi connectivity index (χ2n) is 7.72. The minimum absolute atomic E-state index is 0.0776. The third-order valence-electron chi connectivity index (χ3n) is 5.57. The molecule has 0 aromatic carbocycles. The van der Waals surface area contributed by atoms with Gasteiger partial charge in [-0.15, -0.1) is 0 Å². The molecule has 2 fully saturated rings. The first kappa shape index (κ1) is 21.7. The van der Waals surface area contributed by atoms with Crippen LogP contribution in [-0.4, -0.2) is 45.8 Å². The molecule has 2 saturated carbocycles. The van der Waals surface area contributed by atoms with Crippen LogP contribution in [0.4, 0.5) is 0 Å². The van der Waals surface area contributed by atoms with Crippen molar-refractivity contribution in [2.24, 2.45) is 22.9 Å². The van der Waals surface area contributed by atoms with E-state index in [1.165, 1.54) is 19.3 Å². The van der Waals surface area contributed by atoms with Gasteiger partial charge in [0.2, 0.25) is 0 Å². The summed E-state index contributed by atoms with van der Waals surface area (Å²) in [5.74, 6) is 5.59. The van der Waals surface area contributed by atoms with Crippen LogP contribution in [0, 0.1) is 29.6 Å². The standard InChI is InChI=1S/C21H33NO5/c1-2-3-4-5-6-8-15(23)10-11-16-17-13-19(18(17)14-20(16)24)22-27-12-7-9-21(25)26/h15-18,20,23-24H,2-9,12-14H2,1H3,(H,25,26). The summed E-state index contributed by atoms with van der Waals surface area (Å²) >= 11 is 0. The molecule has 0 radical (unpaired) electrons. The van der Waals surface area contributed by atoms with Gasteiger partial charge in [0.05, 0.1) is 17.7 Å². The highest BCUT2D eigenvalue weighted by molar-refractivity contribution is 5.93. The van der Waals surface area contributed by atoms with Crippen molar-refractivity contribution in [1.29, 1.82) is 0 Å². The Morgan fingerprint density at radius 3 is 2.81 bits per heavy atom. The van der Waals surface area contributed by atoms with Gasteiger partial charge in [0.25, 0.3) is 0 Å². The van der Waals surface area contributed by atoms with Crippen molar-refractivity contribution in [3.8, 4) is 11.8 Å². The van der Waals surface area contributed by atoms with E-state index in [9.17, 15) is 15.0 Å². The number of carboxylic acid groups (broad SMARTS) is 1. The van der Waals surface area contributed by atoms with E-state index in [1.54, 1.807) is 0 Å². The first-order valence-corrected chi connectivity index (χ1v) is 10.3. The van der Waals surface area contributed by atoms with Crippen LogP contribution < -0.4 is 0 Å². The maximum atomic E-state index is 10.4. The zero-order valence-corrected chi connectivity index (χ0v) is 16.3. The molecule has 6 heteroatoms. The molecule has 6 nitrogen and oxygen atoms in total. The fourth-order valence-corrected chi connectivity index (χ4v) is 3.93. The number of fused-ring (bicyclic) bond motifs is 1. The lowest BCUT2D eigenvalue weighted by Gasteiger charge is -2.33. The lowest BCUT2D eigenvalue weighted by Crippen LogP contribution is -2.36. The first-order chi connectivity index (χ1) is 13.0. The van der Waals surface area contributed by atoms with Gasteiger partial charge in [0, 0.05) is 12.3 Å². The number of nitrogens with zero attached hydrogens (tertiary/aromatic N) is 1. The molecule has 0 saturated heterocycles. The Hall–Kier alpha value is -1.58. The summed E-state index contributed by atoms with van der Waals surface area (Å²) in [6.45, 7) is 2.48. The van der Waals surface area contributed by atoms with E-state index in [2.05, 4.69) is 23.9 Å². The molecule has 2 aliphatic carbocycles. The van der Waals surface area contributed by atoms with Gasteiger partial charge in [0.15, 0.2) is 0 Å². The van der Waals surface area contributed by atoms with E-state index in [4.69, 9.17) is 9.94 Å². The fraction of sp³-hybridized carbons (Fsp3) is 0.810. The van der Waals surface area contributed by atoms with Crippen molar-refractivity contribution in [3.63, 3.8) is 0 Å². The van der Waals surface area contributed by atoms with Crippen LogP contribution in [0.25, 0.3) is 0 Å². The van der Waals surface area contributed by atoms with Crippen LogP contribution in [-0.2, 0) is 9.63 Å². The normalized spacial score (nSPS) is 28.8. The van der Waals surface area contributed by atoms with Gasteiger partial charge >= 0.3 is 5.97 Å². The molecule has 152 valence electrons. The number of aliphatic hydroxyl groups excluding tert-OH is 2. The molecular formula is C21H33NO5. The lowest BCUT2D eigenvalue weighted by atomic mass is 9.71. The maximum absolute atomic E-state index is 10.4. The van der Waals surface area contributed by atoms with E-state index < -0.39 is 18.2 Å². The Balaban J connectivity index is 1.71. The summed E-state index contributed by atoms with van der Waals surface area (Å²) in [4.78, 5) is 15.6. The van der Waals surface area contributed by atoms with Crippen molar-refractivity contribution < 1.29 is 25.0 Å². The molecule has 2 rings (SSSR count). The van der Waals surface area contributed by atoms with Crippen LogP contribution in [0.15, 0.2) is 5.16 Å². The molecule has 0 amide bonds. The Bertz CT molecular complexity index is 565. The largest absolute Gasteiger partial charge is 0.481 e. The number of unbranched alkanes of at least 4 members (excludes halogenated alkanes) is 4. The highest BCUT2D eigenvalue weighted by atomic mass is 16.6. The summed E-state index contributed by atoms with van der Waals surface area (Å²) < 4.78 is 0. The van der Waals surface area contributed by atoms with Gasteiger partial charge in [-0.25, -0.2) is 0 Å². The van der Waals surface area contributed by atoms with Crippen LogP contribution in [0.5, 0.6) is 0 Å². The van der Waals surface area contributed by atoms with E-state index >= 15 is 0 Å². The minimum atomic E-state index is -0.835. The molecular weight excluding hydrogens is 346 g/mol. The first-order valence-electron chi connectivity index (χ1n) is 10.3. The van der Waals surface area contributed by atoms with E-state index in [1.807, 2.05) is 0 Å². The molecule has 3 N–H and O–H groups in total.